The van der Waals surface area contributed by atoms with Crippen molar-refractivity contribution in [1.82, 2.24) is 20.0 Å². The summed E-state index contributed by atoms with van der Waals surface area (Å²) in [6.07, 6.45) is 7.00. The smallest absolute Gasteiger partial charge is 0.227 e. The van der Waals surface area contributed by atoms with Crippen molar-refractivity contribution < 1.29 is 9.53 Å². The van der Waals surface area contributed by atoms with E-state index in [0.717, 1.165) is 57.6 Å². The summed E-state index contributed by atoms with van der Waals surface area (Å²) in [6, 6.07) is 10.4. The second-order valence-corrected chi connectivity index (χ2v) is 7.95. The standard InChI is InChI=1S/C22H30N4O2.ClH/c1-25-16-18(13-24-25)20-14-23-15-21(20)22(27)26-10-7-19(8-11-26)28-12-9-17-5-3-2-4-6-17;/h2-6,13,16,19-21,23H,7-12,14-15H2,1H3;1H/t20-,21+;/m1./s1. The zero-order chi connectivity index (χ0) is 19.3. The maximum Gasteiger partial charge on any atom is 0.227 e. The van der Waals surface area contributed by atoms with Crippen LogP contribution in [0.5, 0.6) is 0 Å². The van der Waals surface area contributed by atoms with Gasteiger partial charge in [-0.25, -0.2) is 0 Å². The molecule has 1 aromatic heterocycles. The van der Waals surface area contributed by atoms with Crippen molar-refractivity contribution in [3.05, 3.63) is 53.9 Å². The quantitative estimate of drug-likeness (QED) is 0.782. The predicted octanol–water partition coefficient (Wildman–Crippen LogP) is 2.40. The predicted molar refractivity (Wildman–Crippen MR) is 115 cm³/mol. The van der Waals surface area contributed by atoms with E-state index in [1.54, 1.807) is 0 Å². The SMILES string of the molecule is Cl.Cn1cc([C@H]2CNC[C@@H]2C(=O)N2CCC(OCCc3ccccc3)CC2)cn1. The highest BCUT2D eigenvalue weighted by atomic mass is 35.5. The second kappa shape index (κ2) is 10.2. The van der Waals surface area contributed by atoms with E-state index in [2.05, 4.69) is 34.7 Å². The average Bonchev–Trinajstić information content (AvgIpc) is 3.38. The first kappa shape index (κ1) is 21.8. The number of amides is 1. The number of aryl methyl sites for hydroxylation is 1. The first-order valence-electron chi connectivity index (χ1n) is 10.3. The Kier molecular flexibility index (Phi) is 7.70. The van der Waals surface area contributed by atoms with Crippen LogP contribution < -0.4 is 5.32 Å². The fourth-order valence-corrected chi connectivity index (χ4v) is 4.39. The largest absolute Gasteiger partial charge is 0.378 e. The lowest BCUT2D eigenvalue weighted by Crippen LogP contribution is -2.45. The van der Waals surface area contributed by atoms with Crippen molar-refractivity contribution in [3.63, 3.8) is 0 Å². The summed E-state index contributed by atoms with van der Waals surface area (Å²) in [5, 5.41) is 7.67. The number of nitrogens with zero attached hydrogens (tertiary/aromatic N) is 3. The van der Waals surface area contributed by atoms with Crippen molar-refractivity contribution in [2.24, 2.45) is 13.0 Å². The first-order valence-corrected chi connectivity index (χ1v) is 10.3. The number of hydrogen-bond donors (Lipinski definition) is 1. The number of halogens is 1. The Morgan fingerprint density at radius 3 is 2.66 bits per heavy atom. The molecule has 2 fully saturated rings. The number of ether oxygens (including phenoxy) is 1. The summed E-state index contributed by atoms with van der Waals surface area (Å²) in [5.74, 6) is 0.516. The molecule has 0 spiro atoms. The van der Waals surface area contributed by atoms with Crippen LogP contribution in [0.15, 0.2) is 42.7 Å². The molecule has 2 saturated heterocycles. The number of carbonyl (C=O) groups excluding carboxylic acids is 1. The van der Waals surface area contributed by atoms with Crippen LogP contribution in [-0.2, 0) is 23.0 Å². The van der Waals surface area contributed by atoms with Gasteiger partial charge in [-0.2, -0.15) is 5.10 Å². The summed E-state index contributed by atoms with van der Waals surface area (Å²) in [4.78, 5) is 15.2. The Hall–Kier alpha value is -1.89. The Morgan fingerprint density at radius 1 is 1.21 bits per heavy atom. The van der Waals surface area contributed by atoms with Crippen LogP contribution in [0.25, 0.3) is 0 Å². The molecule has 2 atom stereocenters. The first-order chi connectivity index (χ1) is 13.7. The molecular formula is C22H31ClN4O2. The van der Waals surface area contributed by atoms with Gasteiger partial charge in [-0.3, -0.25) is 9.48 Å². The van der Waals surface area contributed by atoms with Crippen LogP contribution in [0.2, 0.25) is 0 Å². The monoisotopic (exact) mass is 418 g/mol. The zero-order valence-corrected chi connectivity index (χ0v) is 17.8. The van der Waals surface area contributed by atoms with Gasteiger partial charge in [0.05, 0.1) is 24.8 Å². The number of rotatable bonds is 6. The van der Waals surface area contributed by atoms with Crippen LogP contribution in [0.1, 0.15) is 29.9 Å². The molecule has 1 N–H and O–H groups in total. The van der Waals surface area contributed by atoms with E-state index in [-0.39, 0.29) is 36.3 Å². The van der Waals surface area contributed by atoms with Crippen LogP contribution >= 0.6 is 12.4 Å². The molecule has 0 radical (unpaired) electrons. The molecule has 0 saturated carbocycles. The molecular weight excluding hydrogens is 388 g/mol. The maximum absolute atomic E-state index is 13.1. The molecule has 2 aliphatic rings. The molecule has 7 heteroatoms. The van der Waals surface area contributed by atoms with Gasteiger partial charge in [0, 0.05) is 45.3 Å². The Bertz CT molecular complexity index is 774. The number of carbonyl (C=O) groups is 1. The molecule has 6 nitrogen and oxygen atoms in total. The van der Waals surface area contributed by atoms with E-state index in [1.165, 1.54) is 5.56 Å². The number of benzene rings is 1. The molecule has 4 rings (SSSR count). The Balaban J connectivity index is 0.00000240. The van der Waals surface area contributed by atoms with Gasteiger partial charge in [0.1, 0.15) is 0 Å². The van der Waals surface area contributed by atoms with Gasteiger partial charge in [0.15, 0.2) is 0 Å². The summed E-state index contributed by atoms with van der Waals surface area (Å²) in [5.41, 5.74) is 2.47. The van der Waals surface area contributed by atoms with E-state index >= 15 is 0 Å². The van der Waals surface area contributed by atoms with Gasteiger partial charge >= 0.3 is 0 Å². The van der Waals surface area contributed by atoms with E-state index in [0.29, 0.717) is 0 Å². The highest BCUT2D eigenvalue weighted by molar-refractivity contribution is 5.85. The minimum absolute atomic E-state index is 0. The number of hydrogen-bond acceptors (Lipinski definition) is 4. The van der Waals surface area contributed by atoms with Gasteiger partial charge in [0.25, 0.3) is 0 Å². The summed E-state index contributed by atoms with van der Waals surface area (Å²) < 4.78 is 7.89. The molecule has 2 aromatic rings. The van der Waals surface area contributed by atoms with Crippen LogP contribution in [0, 0.1) is 5.92 Å². The molecule has 158 valence electrons. The van der Waals surface area contributed by atoms with E-state index in [1.807, 2.05) is 35.1 Å². The van der Waals surface area contributed by atoms with Gasteiger partial charge in [-0.1, -0.05) is 30.3 Å². The molecule has 29 heavy (non-hydrogen) atoms. The summed E-state index contributed by atoms with van der Waals surface area (Å²) >= 11 is 0. The number of nitrogens with one attached hydrogen (secondary N) is 1. The van der Waals surface area contributed by atoms with Crippen molar-refractivity contribution in [2.45, 2.75) is 31.3 Å². The Labute approximate surface area is 179 Å². The molecule has 0 bridgehead atoms. The second-order valence-electron chi connectivity index (χ2n) is 7.95. The van der Waals surface area contributed by atoms with Crippen molar-refractivity contribution >= 4 is 18.3 Å². The number of piperidine rings is 1. The number of aromatic nitrogens is 2. The summed E-state index contributed by atoms with van der Waals surface area (Å²) in [6.45, 7) is 3.95. The third-order valence-electron chi connectivity index (χ3n) is 6.03. The minimum Gasteiger partial charge on any atom is -0.378 e. The molecule has 0 unspecified atom stereocenters. The molecule has 2 aliphatic heterocycles. The third-order valence-corrected chi connectivity index (χ3v) is 6.03. The molecule has 3 heterocycles. The van der Waals surface area contributed by atoms with Crippen molar-refractivity contribution in [3.8, 4) is 0 Å². The lowest BCUT2D eigenvalue weighted by atomic mass is 9.89. The molecule has 0 aliphatic carbocycles. The lowest BCUT2D eigenvalue weighted by molar-refractivity contribution is -0.138. The molecule has 1 amide bonds. The normalized spacial score (nSPS) is 22.4. The fourth-order valence-electron chi connectivity index (χ4n) is 4.39. The van der Waals surface area contributed by atoms with Crippen LogP contribution in [0.3, 0.4) is 0 Å². The Morgan fingerprint density at radius 2 is 1.97 bits per heavy atom. The van der Waals surface area contributed by atoms with Gasteiger partial charge in [-0.15, -0.1) is 12.4 Å². The minimum atomic E-state index is 0. The van der Waals surface area contributed by atoms with Crippen LogP contribution in [0.4, 0.5) is 0 Å². The summed E-state index contributed by atoms with van der Waals surface area (Å²) in [7, 11) is 1.92. The average molecular weight is 419 g/mol. The van der Waals surface area contributed by atoms with E-state index in [9.17, 15) is 4.79 Å². The fraction of sp³-hybridized carbons (Fsp3) is 0.545. The van der Waals surface area contributed by atoms with E-state index in [4.69, 9.17) is 4.74 Å². The zero-order valence-electron chi connectivity index (χ0n) is 17.0. The maximum atomic E-state index is 13.1. The third kappa shape index (κ3) is 5.38. The van der Waals surface area contributed by atoms with Crippen molar-refractivity contribution in [2.75, 3.05) is 32.8 Å². The van der Waals surface area contributed by atoms with Gasteiger partial charge in [-0.05, 0) is 30.4 Å². The van der Waals surface area contributed by atoms with Crippen LogP contribution in [-0.4, -0.2) is 59.5 Å². The topological polar surface area (TPSA) is 59.4 Å². The van der Waals surface area contributed by atoms with Gasteiger partial charge in [0.2, 0.25) is 5.91 Å². The molecule has 1 aromatic carbocycles. The highest BCUT2D eigenvalue weighted by Gasteiger charge is 2.38. The van der Waals surface area contributed by atoms with Crippen molar-refractivity contribution in [1.29, 1.82) is 0 Å². The van der Waals surface area contributed by atoms with Gasteiger partial charge < -0.3 is 15.0 Å². The number of likely N-dealkylation sites (tertiary alicyclic amines) is 1. The highest BCUT2D eigenvalue weighted by Crippen LogP contribution is 2.30. The lowest BCUT2D eigenvalue weighted by Gasteiger charge is -2.34. The van der Waals surface area contributed by atoms with E-state index < -0.39 is 0 Å².